The van der Waals surface area contributed by atoms with Crippen molar-refractivity contribution in [2.45, 2.75) is 18.9 Å². The van der Waals surface area contributed by atoms with Crippen molar-refractivity contribution in [2.24, 2.45) is 0 Å². The lowest BCUT2D eigenvalue weighted by Gasteiger charge is -2.35. The van der Waals surface area contributed by atoms with Crippen LogP contribution in [0.3, 0.4) is 0 Å². The molecule has 1 fully saturated rings. The molecule has 0 bridgehead atoms. The van der Waals surface area contributed by atoms with Gasteiger partial charge in [0.05, 0.1) is 5.02 Å². The molecule has 6 heteroatoms. The molecule has 1 aliphatic rings. The summed E-state index contributed by atoms with van der Waals surface area (Å²) >= 11 is 6.11. The van der Waals surface area contributed by atoms with Crippen LogP contribution in [0, 0.1) is 5.82 Å². The molecule has 1 atom stereocenters. The molecule has 0 saturated carbocycles. The Labute approximate surface area is 130 Å². The van der Waals surface area contributed by atoms with Crippen molar-refractivity contribution in [3.05, 3.63) is 34.6 Å². The van der Waals surface area contributed by atoms with Crippen LogP contribution < -0.4 is 5.32 Å². The monoisotopic (exact) mass is 322 g/mol. The van der Waals surface area contributed by atoms with Crippen LogP contribution in [0.4, 0.5) is 4.39 Å². The molecule has 1 aromatic carbocycles. The minimum atomic E-state index is -0.372. The first-order chi connectivity index (χ1) is 9.24. The second kappa shape index (κ2) is 8.80. The molecule has 20 heavy (non-hydrogen) atoms. The number of nitrogens with zero attached hydrogens (tertiary/aromatic N) is 1. The maximum atomic E-state index is 13.6. The van der Waals surface area contributed by atoms with Crippen molar-refractivity contribution in [3.8, 4) is 0 Å². The molecule has 0 radical (unpaired) electrons. The Balaban J connectivity index is 0.00000200. The van der Waals surface area contributed by atoms with E-state index < -0.39 is 0 Å². The lowest BCUT2D eigenvalue weighted by Crippen LogP contribution is -2.45. The molecule has 3 nitrogen and oxygen atoms in total. The molecule has 0 spiro atoms. The van der Waals surface area contributed by atoms with Gasteiger partial charge in [0.1, 0.15) is 5.82 Å². The predicted molar refractivity (Wildman–Crippen MR) is 82.2 cm³/mol. The molecule has 1 heterocycles. The standard InChI is InChI=1S/C14H20ClFN2O.ClH/c15-14-11(3-1-4-12(14)16)13(5-2-10-19)18-8-6-17-7-9-18;/h1,3-4,13,17,19H,2,5-10H2;1H/t13-;/m1./s1. The van der Waals surface area contributed by atoms with Gasteiger partial charge in [-0.1, -0.05) is 23.7 Å². The molecular formula is C14H21Cl2FN2O. The first kappa shape index (κ1) is 17.7. The highest BCUT2D eigenvalue weighted by molar-refractivity contribution is 6.31. The molecule has 1 aromatic rings. The van der Waals surface area contributed by atoms with E-state index in [2.05, 4.69) is 10.2 Å². The van der Waals surface area contributed by atoms with E-state index in [1.54, 1.807) is 6.07 Å². The topological polar surface area (TPSA) is 35.5 Å². The van der Waals surface area contributed by atoms with Crippen molar-refractivity contribution < 1.29 is 9.50 Å². The van der Waals surface area contributed by atoms with E-state index >= 15 is 0 Å². The summed E-state index contributed by atoms with van der Waals surface area (Å²) in [6.07, 6.45) is 1.49. The Morgan fingerprint density at radius 2 is 2.05 bits per heavy atom. The average Bonchev–Trinajstić information content (AvgIpc) is 2.45. The second-order valence-electron chi connectivity index (χ2n) is 4.81. The minimum absolute atomic E-state index is 0. The minimum Gasteiger partial charge on any atom is -0.396 e. The third kappa shape index (κ3) is 4.30. The van der Waals surface area contributed by atoms with Gasteiger partial charge >= 0.3 is 0 Å². The molecular weight excluding hydrogens is 302 g/mol. The van der Waals surface area contributed by atoms with Crippen LogP contribution in [-0.4, -0.2) is 42.8 Å². The summed E-state index contributed by atoms with van der Waals surface area (Å²) in [5, 5.41) is 12.6. The summed E-state index contributed by atoms with van der Waals surface area (Å²) in [4.78, 5) is 2.31. The zero-order chi connectivity index (χ0) is 13.7. The lowest BCUT2D eigenvalue weighted by atomic mass is 9.99. The van der Waals surface area contributed by atoms with Crippen LogP contribution in [0.25, 0.3) is 0 Å². The van der Waals surface area contributed by atoms with Gasteiger partial charge in [-0.3, -0.25) is 4.90 Å². The highest BCUT2D eigenvalue weighted by atomic mass is 35.5. The van der Waals surface area contributed by atoms with E-state index in [0.717, 1.165) is 38.2 Å². The Bertz CT molecular complexity index is 414. The Kier molecular flexibility index (Phi) is 7.77. The number of benzene rings is 1. The highest BCUT2D eigenvalue weighted by Crippen LogP contribution is 2.32. The molecule has 1 saturated heterocycles. The number of piperazine rings is 1. The zero-order valence-corrected chi connectivity index (χ0v) is 12.9. The van der Waals surface area contributed by atoms with Crippen LogP contribution in [0.5, 0.6) is 0 Å². The van der Waals surface area contributed by atoms with Crippen LogP contribution >= 0.6 is 24.0 Å². The van der Waals surface area contributed by atoms with Crippen LogP contribution in [0.1, 0.15) is 24.4 Å². The third-order valence-electron chi connectivity index (χ3n) is 3.57. The summed E-state index contributed by atoms with van der Waals surface area (Å²) in [5.74, 6) is -0.372. The summed E-state index contributed by atoms with van der Waals surface area (Å²) in [7, 11) is 0. The highest BCUT2D eigenvalue weighted by Gasteiger charge is 2.24. The first-order valence-corrected chi connectivity index (χ1v) is 7.11. The molecule has 114 valence electrons. The number of nitrogens with one attached hydrogen (secondary N) is 1. The van der Waals surface area contributed by atoms with Gasteiger partial charge in [-0.05, 0) is 24.5 Å². The van der Waals surface area contributed by atoms with Gasteiger partial charge in [-0.25, -0.2) is 4.39 Å². The van der Waals surface area contributed by atoms with E-state index in [4.69, 9.17) is 16.7 Å². The predicted octanol–water partition coefficient (Wildman–Crippen LogP) is 2.62. The van der Waals surface area contributed by atoms with E-state index in [0.29, 0.717) is 6.42 Å². The summed E-state index contributed by atoms with van der Waals surface area (Å²) in [5.41, 5.74) is 0.831. The fourth-order valence-corrected chi connectivity index (χ4v) is 2.84. The van der Waals surface area contributed by atoms with Gasteiger partial charge in [-0.15, -0.1) is 12.4 Å². The summed E-state index contributed by atoms with van der Waals surface area (Å²) in [6.45, 7) is 3.85. The maximum Gasteiger partial charge on any atom is 0.142 e. The number of aliphatic hydroxyl groups excluding tert-OH is 1. The van der Waals surface area contributed by atoms with Crippen LogP contribution in [0.2, 0.25) is 5.02 Å². The van der Waals surface area contributed by atoms with Gasteiger partial charge in [0, 0.05) is 38.8 Å². The van der Waals surface area contributed by atoms with Crippen molar-refractivity contribution in [3.63, 3.8) is 0 Å². The Morgan fingerprint density at radius 3 is 2.70 bits per heavy atom. The molecule has 0 aromatic heterocycles. The van der Waals surface area contributed by atoms with Crippen LogP contribution in [0.15, 0.2) is 18.2 Å². The maximum absolute atomic E-state index is 13.6. The van der Waals surface area contributed by atoms with Crippen molar-refractivity contribution >= 4 is 24.0 Å². The number of halogens is 3. The third-order valence-corrected chi connectivity index (χ3v) is 3.97. The molecule has 0 unspecified atom stereocenters. The van der Waals surface area contributed by atoms with Gasteiger partial charge in [0.15, 0.2) is 0 Å². The summed E-state index contributed by atoms with van der Waals surface area (Å²) in [6, 6.07) is 5.05. The Hall–Kier alpha value is -0.390. The number of hydrogen-bond acceptors (Lipinski definition) is 3. The normalized spacial score (nSPS) is 17.6. The SMILES string of the molecule is Cl.OCCC[C@H](c1cccc(F)c1Cl)N1CCNCC1. The van der Waals surface area contributed by atoms with Gasteiger partial charge in [0.2, 0.25) is 0 Å². The van der Waals surface area contributed by atoms with E-state index in [1.165, 1.54) is 6.07 Å². The van der Waals surface area contributed by atoms with Gasteiger partial charge in [0.25, 0.3) is 0 Å². The molecule has 1 aliphatic heterocycles. The molecule has 2 N–H and O–H groups in total. The molecule has 0 amide bonds. The van der Waals surface area contributed by atoms with Crippen LogP contribution in [-0.2, 0) is 0 Å². The number of rotatable bonds is 5. The fraction of sp³-hybridized carbons (Fsp3) is 0.571. The zero-order valence-electron chi connectivity index (χ0n) is 11.3. The van der Waals surface area contributed by atoms with Gasteiger partial charge in [-0.2, -0.15) is 0 Å². The molecule has 0 aliphatic carbocycles. The average molecular weight is 323 g/mol. The Morgan fingerprint density at radius 1 is 1.35 bits per heavy atom. The quantitative estimate of drug-likeness (QED) is 0.874. The van der Waals surface area contributed by atoms with Gasteiger partial charge < -0.3 is 10.4 Å². The largest absolute Gasteiger partial charge is 0.396 e. The van der Waals surface area contributed by atoms with Crippen molar-refractivity contribution in [1.82, 2.24) is 10.2 Å². The molecule has 2 rings (SSSR count). The second-order valence-corrected chi connectivity index (χ2v) is 5.19. The smallest absolute Gasteiger partial charge is 0.142 e. The van der Waals surface area contributed by atoms with Crippen molar-refractivity contribution in [2.75, 3.05) is 32.8 Å². The van der Waals surface area contributed by atoms with E-state index in [-0.39, 0.29) is 35.9 Å². The van der Waals surface area contributed by atoms with E-state index in [1.807, 2.05) is 6.07 Å². The fourth-order valence-electron chi connectivity index (χ4n) is 2.59. The summed E-state index contributed by atoms with van der Waals surface area (Å²) < 4.78 is 13.6. The first-order valence-electron chi connectivity index (χ1n) is 6.73. The number of hydrogen-bond donors (Lipinski definition) is 2. The van der Waals surface area contributed by atoms with E-state index in [9.17, 15) is 4.39 Å². The number of aliphatic hydroxyl groups is 1. The van der Waals surface area contributed by atoms with Crippen molar-refractivity contribution in [1.29, 1.82) is 0 Å². The lowest BCUT2D eigenvalue weighted by molar-refractivity contribution is 0.154.